The Morgan fingerprint density at radius 1 is 1.38 bits per heavy atom. The highest BCUT2D eigenvalue weighted by atomic mass is 16.5. The molecule has 2 atom stereocenters. The van der Waals surface area contributed by atoms with E-state index in [1.165, 1.54) is 12.8 Å². The Morgan fingerprint density at radius 3 is 2.92 bits per heavy atom. The molecule has 76 valence electrons. The third kappa shape index (κ3) is 2.42. The standard InChI is InChI=1S/C10H19NO2/c12-8-9-3-4-11(6-9)7-10-2-1-5-13-10/h9-10,12H,1-8H2/t9-,10+/m1/s1. The van der Waals surface area contributed by atoms with Gasteiger partial charge in [-0.1, -0.05) is 0 Å². The van der Waals surface area contributed by atoms with E-state index in [1.807, 2.05) is 0 Å². The van der Waals surface area contributed by atoms with Crippen LogP contribution in [-0.4, -0.2) is 49.0 Å². The van der Waals surface area contributed by atoms with E-state index in [1.54, 1.807) is 0 Å². The SMILES string of the molecule is OC[C@@H]1CCN(C[C@@H]2CCCO2)C1. The van der Waals surface area contributed by atoms with Crippen molar-refractivity contribution in [2.45, 2.75) is 25.4 Å². The van der Waals surface area contributed by atoms with E-state index in [2.05, 4.69) is 4.90 Å². The first-order chi connectivity index (χ1) is 6.38. The molecule has 13 heavy (non-hydrogen) atoms. The molecule has 0 amide bonds. The molecule has 0 aromatic carbocycles. The molecule has 0 spiro atoms. The van der Waals surface area contributed by atoms with Crippen molar-refractivity contribution in [3.8, 4) is 0 Å². The number of likely N-dealkylation sites (tertiary alicyclic amines) is 1. The summed E-state index contributed by atoms with van der Waals surface area (Å²) >= 11 is 0. The third-order valence-corrected chi connectivity index (χ3v) is 3.11. The number of nitrogens with zero attached hydrogens (tertiary/aromatic N) is 1. The molecule has 0 aliphatic carbocycles. The minimum Gasteiger partial charge on any atom is -0.396 e. The zero-order chi connectivity index (χ0) is 9.10. The van der Waals surface area contributed by atoms with Gasteiger partial charge in [0.25, 0.3) is 0 Å². The molecular weight excluding hydrogens is 166 g/mol. The van der Waals surface area contributed by atoms with Gasteiger partial charge in [-0.3, -0.25) is 0 Å². The lowest BCUT2D eigenvalue weighted by Crippen LogP contribution is -2.30. The average molecular weight is 185 g/mol. The molecule has 0 unspecified atom stereocenters. The molecule has 2 rings (SSSR count). The Bertz CT molecular complexity index is 157. The van der Waals surface area contributed by atoms with Crippen molar-refractivity contribution in [2.75, 3.05) is 32.8 Å². The zero-order valence-corrected chi connectivity index (χ0v) is 8.11. The van der Waals surface area contributed by atoms with E-state index in [9.17, 15) is 0 Å². The molecule has 2 aliphatic heterocycles. The number of aliphatic hydroxyl groups is 1. The molecular formula is C10H19NO2. The van der Waals surface area contributed by atoms with E-state index in [0.29, 0.717) is 18.6 Å². The summed E-state index contributed by atoms with van der Waals surface area (Å²) in [5, 5.41) is 8.99. The van der Waals surface area contributed by atoms with Gasteiger partial charge < -0.3 is 14.7 Å². The molecule has 2 saturated heterocycles. The van der Waals surface area contributed by atoms with E-state index in [4.69, 9.17) is 9.84 Å². The average Bonchev–Trinajstić information content (AvgIpc) is 2.76. The number of aliphatic hydroxyl groups excluding tert-OH is 1. The summed E-state index contributed by atoms with van der Waals surface area (Å²) in [5.41, 5.74) is 0. The Hall–Kier alpha value is -0.120. The molecule has 2 heterocycles. The van der Waals surface area contributed by atoms with Gasteiger partial charge in [0.2, 0.25) is 0 Å². The van der Waals surface area contributed by atoms with Crippen molar-refractivity contribution in [1.82, 2.24) is 4.90 Å². The fourth-order valence-corrected chi connectivity index (χ4v) is 2.30. The monoisotopic (exact) mass is 185 g/mol. The highest BCUT2D eigenvalue weighted by Gasteiger charge is 2.25. The van der Waals surface area contributed by atoms with Crippen LogP contribution in [0.1, 0.15) is 19.3 Å². The zero-order valence-electron chi connectivity index (χ0n) is 8.11. The lowest BCUT2D eigenvalue weighted by atomic mass is 10.1. The molecule has 2 aliphatic rings. The second-order valence-electron chi connectivity index (χ2n) is 4.23. The van der Waals surface area contributed by atoms with Crippen LogP contribution in [0.5, 0.6) is 0 Å². The Morgan fingerprint density at radius 2 is 2.31 bits per heavy atom. The lowest BCUT2D eigenvalue weighted by molar-refractivity contribution is 0.0784. The van der Waals surface area contributed by atoms with E-state index >= 15 is 0 Å². The fraction of sp³-hybridized carbons (Fsp3) is 1.00. The maximum Gasteiger partial charge on any atom is 0.0702 e. The van der Waals surface area contributed by atoms with Gasteiger partial charge in [-0.2, -0.15) is 0 Å². The molecule has 3 nitrogen and oxygen atoms in total. The molecule has 3 heteroatoms. The topological polar surface area (TPSA) is 32.7 Å². The minimum absolute atomic E-state index is 0.349. The van der Waals surface area contributed by atoms with Gasteiger partial charge in [0.15, 0.2) is 0 Å². The molecule has 0 bridgehead atoms. The number of rotatable bonds is 3. The van der Waals surface area contributed by atoms with Crippen LogP contribution in [0, 0.1) is 5.92 Å². The normalized spacial score (nSPS) is 35.8. The van der Waals surface area contributed by atoms with Crippen LogP contribution in [0.4, 0.5) is 0 Å². The van der Waals surface area contributed by atoms with Crippen molar-refractivity contribution in [3.05, 3.63) is 0 Å². The predicted molar refractivity (Wildman–Crippen MR) is 50.6 cm³/mol. The molecule has 0 saturated carbocycles. The highest BCUT2D eigenvalue weighted by Crippen LogP contribution is 2.19. The number of hydrogen-bond acceptors (Lipinski definition) is 3. The summed E-state index contributed by atoms with van der Waals surface area (Å²) in [7, 11) is 0. The van der Waals surface area contributed by atoms with Crippen molar-refractivity contribution < 1.29 is 9.84 Å². The van der Waals surface area contributed by atoms with Crippen molar-refractivity contribution in [3.63, 3.8) is 0 Å². The maximum atomic E-state index is 8.99. The van der Waals surface area contributed by atoms with Crippen LogP contribution in [-0.2, 0) is 4.74 Å². The summed E-state index contributed by atoms with van der Waals surface area (Å²) in [4.78, 5) is 2.43. The summed E-state index contributed by atoms with van der Waals surface area (Å²) < 4.78 is 5.58. The Labute approximate surface area is 79.7 Å². The third-order valence-electron chi connectivity index (χ3n) is 3.11. The lowest BCUT2D eigenvalue weighted by Gasteiger charge is -2.19. The van der Waals surface area contributed by atoms with Crippen molar-refractivity contribution in [2.24, 2.45) is 5.92 Å². The van der Waals surface area contributed by atoms with Gasteiger partial charge in [0.05, 0.1) is 6.10 Å². The first kappa shape index (κ1) is 9.44. The predicted octanol–water partition coefficient (Wildman–Crippen LogP) is 0.480. The van der Waals surface area contributed by atoms with E-state index in [-0.39, 0.29) is 0 Å². The minimum atomic E-state index is 0.349. The molecule has 0 aromatic heterocycles. The van der Waals surface area contributed by atoms with Gasteiger partial charge in [-0.25, -0.2) is 0 Å². The van der Waals surface area contributed by atoms with Crippen LogP contribution < -0.4 is 0 Å². The number of hydrogen-bond donors (Lipinski definition) is 1. The second-order valence-corrected chi connectivity index (χ2v) is 4.23. The highest BCUT2D eigenvalue weighted by molar-refractivity contribution is 4.78. The van der Waals surface area contributed by atoms with E-state index in [0.717, 1.165) is 32.7 Å². The van der Waals surface area contributed by atoms with Gasteiger partial charge in [-0.15, -0.1) is 0 Å². The van der Waals surface area contributed by atoms with Crippen molar-refractivity contribution in [1.29, 1.82) is 0 Å². The number of ether oxygens (including phenoxy) is 1. The fourth-order valence-electron chi connectivity index (χ4n) is 2.30. The van der Waals surface area contributed by atoms with Gasteiger partial charge in [0, 0.05) is 26.3 Å². The molecule has 0 radical (unpaired) electrons. The Balaban J connectivity index is 1.70. The summed E-state index contributed by atoms with van der Waals surface area (Å²) in [6, 6.07) is 0. The maximum absolute atomic E-state index is 8.99. The van der Waals surface area contributed by atoms with Crippen molar-refractivity contribution >= 4 is 0 Å². The van der Waals surface area contributed by atoms with Gasteiger partial charge in [-0.05, 0) is 31.7 Å². The molecule has 1 N–H and O–H groups in total. The van der Waals surface area contributed by atoms with Crippen LogP contribution in [0.25, 0.3) is 0 Å². The Kier molecular flexibility index (Phi) is 3.19. The molecule has 0 aromatic rings. The second kappa shape index (κ2) is 4.40. The quantitative estimate of drug-likeness (QED) is 0.694. The van der Waals surface area contributed by atoms with E-state index < -0.39 is 0 Å². The van der Waals surface area contributed by atoms with Crippen LogP contribution >= 0.6 is 0 Å². The van der Waals surface area contributed by atoms with Crippen LogP contribution in [0.15, 0.2) is 0 Å². The first-order valence-corrected chi connectivity index (χ1v) is 5.33. The van der Waals surface area contributed by atoms with Gasteiger partial charge >= 0.3 is 0 Å². The van der Waals surface area contributed by atoms with Crippen LogP contribution in [0.3, 0.4) is 0 Å². The smallest absolute Gasteiger partial charge is 0.0702 e. The first-order valence-electron chi connectivity index (χ1n) is 5.33. The molecule has 2 fully saturated rings. The largest absolute Gasteiger partial charge is 0.396 e. The van der Waals surface area contributed by atoms with Crippen LogP contribution in [0.2, 0.25) is 0 Å². The summed E-state index contributed by atoms with van der Waals surface area (Å²) in [6.45, 7) is 4.59. The summed E-state index contributed by atoms with van der Waals surface area (Å²) in [5.74, 6) is 0.515. The summed E-state index contributed by atoms with van der Waals surface area (Å²) in [6.07, 6.45) is 4.07. The van der Waals surface area contributed by atoms with Gasteiger partial charge in [0.1, 0.15) is 0 Å².